The maximum absolute atomic E-state index is 14.8. The molecule has 0 saturated carbocycles. The fourth-order valence-corrected chi connectivity index (χ4v) is 4.39. The number of nitrogens with zero attached hydrogens (tertiary/aromatic N) is 2. The number of thiocarbonyl (C=S) groups is 1. The van der Waals surface area contributed by atoms with Crippen LogP contribution in [-0.2, 0) is 9.59 Å². The number of rotatable bonds is 3. The van der Waals surface area contributed by atoms with Crippen molar-refractivity contribution in [3.63, 3.8) is 0 Å². The van der Waals surface area contributed by atoms with Crippen LogP contribution in [0.1, 0.15) is 24.0 Å². The molecular formula is C22H18Cl2FN3O2S. The zero-order valence-corrected chi connectivity index (χ0v) is 18.9. The molecule has 160 valence electrons. The summed E-state index contributed by atoms with van der Waals surface area (Å²) < 4.78 is 14.8. The van der Waals surface area contributed by atoms with Gasteiger partial charge in [0.05, 0.1) is 21.4 Å². The van der Waals surface area contributed by atoms with Crippen molar-refractivity contribution in [2.75, 3.05) is 22.9 Å². The van der Waals surface area contributed by atoms with Gasteiger partial charge in [-0.3, -0.25) is 19.8 Å². The molecule has 4 rings (SSSR count). The second-order valence-corrected chi connectivity index (χ2v) is 8.56. The summed E-state index contributed by atoms with van der Waals surface area (Å²) in [4.78, 5) is 28.8. The summed E-state index contributed by atoms with van der Waals surface area (Å²) >= 11 is 17.5. The lowest BCUT2D eigenvalue weighted by molar-refractivity contribution is -0.122. The van der Waals surface area contributed by atoms with Gasteiger partial charge in [-0.1, -0.05) is 29.3 Å². The summed E-state index contributed by atoms with van der Waals surface area (Å²) in [6.07, 6.45) is 3.43. The van der Waals surface area contributed by atoms with Gasteiger partial charge < -0.3 is 4.90 Å². The highest BCUT2D eigenvalue weighted by molar-refractivity contribution is 7.80. The van der Waals surface area contributed by atoms with E-state index in [9.17, 15) is 14.0 Å². The molecule has 0 bridgehead atoms. The van der Waals surface area contributed by atoms with E-state index in [1.165, 1.54) is 12.1 Å². The quantitative estimate of drug-likeness (QED) is 0.389. The number of nitrogens with one attached hydrogen (secondary N) is 1. The van der Waals surface area contributed by atoms with Crippen molar-refractivity contribution < 1.29 is 14.0 Å². The third-order valence-corrected chi connectivity index (χ3v) is 6.45. The van der Waals surface area contributed by atoms with Gasteiger partial charge in [-0.2, -0.15) is 0 Å². The third-order valence-electron chi connectivity index (χ3n) is 5.36. The second kappa shape index (κ2) is 8.57. The Morgan fingerprint density at radius 3 is 2.55 bits per heavy atom. The highest BCUT2D eigenvalue weighted by atomic mass is 35.5. The second-order valence-electron chi connectivity index (χ2n) is 7.39. The van der Waals surface area contributed by atoms with E-state index >= 15 is 0 Å². The summed E-state index contributed by atoms with van der Waals surface area (Å²) in [5, 5.41) is 2.76. The number of carbonyl (C=O) groups is 2. The number of carbonyl (C=O) groups excluding carboxylic acids is 2. The molecule has 9 heteroatoms. The Bertz CT molecular complexity index is 1150. The highest BCUT2D eigenvalue weighted by Crippen LogP contribution is 2.35. The normalized spacial score (nSPS) is 18.2. The van der Waals surface area contributed by atoms with Crippen molar-refractivity contribution in [1.82, 2.24) is 5.32 Å². The van der Waals surface area contributed by atoms with E-state index in [-0.39, 0.29) is 26.4 Å². The monoisotopic (exact) mass is 477 g/mol. The van der Waals surface area contributed by atoms with Crippen LogP contribution >= 0.6 is 35.4 Å². The molecule has 2 aliphatic rings. The van der Waals surface area contributed by atoms with Crippen LogP contribution in [0.2, 0.25) is 10.0 Å². The first-order valence-electron chi connectivity index (χ1n) is 9.68. The van der Waals surface area contributed by atoms with Crippen LogP contribution in [0.15, 0.2) is 35.9 Å². The maximum Gasteiger partial charge on any atom is 0.270 e. The molecule has 2 amide bonds. The lowest BCUT2D eigenvalue weighted by Crippen LogP contribution is -2.54. The number of hydrogen-bond donors (Lipinski definition) is 1. The van der Waals surface area contributed by atoms with Crippen LogP contribution < -0.4 is 15.1 Å². The first kappa shape index (κ1) is 21.7. The van der Waals surface area contributed by atoms with Gasteiger partial charge in [-0.05, 0) is 73.5 Å². The molecule has 2 heterocycles. The van der Waals surface area contributed by atoms with Gasteiger partial charge in [0.25, 0.3) is 11.8 Å². The molecule has 0 aromatic heterocycles. The van der Waals surface area contributed by atoms with Gasteiger partial charge in [0.2, 0.25) is 0 Å². The summed E-state index contributed by atoms with van der Waals surface area (Å²) in [6, 6.07) is 7.86. The Hall–Kier alpha value is -2.48. The predicted octanol–water partition coefficient (Wildman–Crippen LogP) is 4.87. The van der Waals surface area contributed by atoms with Crippen molar-refractivity contribution in [2.45, 2.75) is 19.8 Å². The molecule has 2 aromatic rings. The standard InChI is InChI=1S/C22H18Cl2FN3O2S/c1-12-9-18(27-7-2-3-8-27)16(25)11-13(12)10-14-20(29)26-22(31)28(21(14)30)17-6-4-5-15(23)19(17)24/h4-6,9-11H,2-3,7-8H2,1H3,(H,26,29,31)/b14-10+. The minimum absolute atomic E-state index is 0.108. The smallest absolute Gasteiger partial charge is 0.270 e. The van der Waals surface area contributed by atoms with E-state index in [1.807, 2.05) is 11.8 Å². The molecule has 0 unspecified atom stereocenters. The molecule has 0 aliphatic carbocycles. The van der Waals surface area contributed by atoms with E-state index in [4.69, 9.17) is 35.4 Å². The zero-order valence-electron chi connectivity index (χ0n) is 16.5. The largest absolute Gasteiger partial charge is 0.369 e. The van der Waals surface area contributed by atoms with E-state index in [1.54, 1.807) is 24.3 Å². The lowest BCUT2D eigenvalue weighted by Gasteiger charge is -2.29. The molecule has 31 heavy (non-hydrogen) atoms. The van der Waals surface area contributed by atoms with E-state index in [0.717, 1.165) is 36.4 Å². The molecule has 2 saturated heterocycles. The van der Waals surface area contributed by atoms with Gasteiger partial charge in [-0.25, -0.2) is 4.39 Å². The first-order chi connectivity index (χ1) is 14.8. The molecular weight excluding hydrogens is 460 g/mol. The SMILES string of the molecule is Cc1cc(N2CCCC2)c(F)cc1/C=C1\C(=O)NC(=S)N(c2cccc(Cl)c2Cl)C1=O. The fourth-order valence-electron chi connectivity index (χ4n) is 3.73. The summed E-state index contributed by atoms with van der Waals surface area (Å²) in [7, 11) is 0. The Kier molecular flexibility index (Phi) is 6.01. The molecule has 0 radical (unpaired) electrons. The summed E-state index contributed by atoms with van der Waals surface area (Å²) in [5.74, 6) is -1.72. The van der Waals surface area contributed by atoms with E-state index in [0.29, 0.717) is 11.3 Å². The molecule has 2 aliphatic heterocycles. The van der Waals surface area contributed by atoms with Crippen LogP contribution in [0.3, 0.4) is 0 Å². The first-order valence-corrected chi connectivity index (χ1v) is 10.8. The van der Waals surface area contributed by atoms with Crippen molar-refractivity contribution in [3.8, 4) is 0 Å². The highest BCUT2D eigenvalue weighted by Gasteiger charge is 2.36. The number of amides is 2. The molecule has 2 aromatic carbocycles. The van der Waals surface area contributed by atoms with Crippen molar-refractivity contribution in [3.05, 3.63) is 62.9 Å². The Morgan fingerprint density at radius 1 is 1.13 bits per heavy atom. The third kappa shape index (κ3) is 4.05. The molecule has 1 N–H and O–H groups in total. The molecule has 2 fully saturated rings. The number of benzene rings is 2. The van der Waals surface area contributed by atoms with Crippen molar-refractivity contribution in [2.24, 2.45) is 0 Å². The predicted molar refractivity (Wildman–Crippen MR) is 125 cm³/mol. The number of aryl methyl sites for hydroxylation is 1. The maximum atomic E-state index is 14.8. The van der Waals surface area contributed by atoms with Gasteiger partial charge >= 0.3 is 0 Å². The van der Waals surface area contributed by atoms with Crippen LogP contribution in [0.25, 0.3) is 6.08 Å². The Balaban J connectivity index is 1.74. The minimum Gasteiger partial charge on any atom is -0.369 e. The average molecular weight is 478 g/mol. The molecule has 5 nitrogen and oxygen atoms in total. The van der Waals surface area contributed by atoms with Crippen molar-refractivity contribution in [1.29, 1.82) is 0 Å². The van der Waals surface area contributed by atoms with Crippen LogP contribution in [0, 0.1) is 12.7 Å². The summed E-state index contributed by atoms with van der Waals surface area (Å²) in [5.41, 5.74) is 1.79. The van der Waals surface area contributed by atoms with Crippen LogP contribution in [0.5, 0.6) is 0 Å². The Morgan fingerprint density at radius 2 is 1.84 bits per heavy atom. The van der Waals surface area contributed by atoms with Crippen LogP contribution in [0.4, 0.5) is 15.8 Å². The number of hydrogen-bond acceptors (Lipinski definition) is 4. The average Bonchev–Trinajstić information content (AvgIpc) is 3.25. The lowest BCUT2D eigenvalue weighted by atomic mass is 10.0. The topological polar surface area (TPSA) is 52.7 Å². The minimum atomic E-state index is -0.665. The molecule has 0 spiro atoms. The van der Waals surface area contributed by atoms with Gasteiger partial charge in [-0.15, -0.1) is 0 Å². The molecule has 0 atom stereocenters. The number of halogens is 3. The van der Waals surface area contributed by atoms with E-state index < -0.39 is 17.6 Å². The zero-order chi connectivity index (χ0) is 22.3. The van der Waals surface area contributed by atoms with Gasteiger partial charge in [0.1, 0.15) is 11.4 Å². The van der Waals surface area contributed by atoms with Gasteiger partial charge in [0.15, 0.2) is 5.11 Å². The van der Waals surface area contributed by atoms with Crippen molar-refractivity contribution >= 4 is 69.8 Å². The summed E-state index contributed by atoms with van der Waals surface area (Å²) in [6.45, 7) is 3.43. The van der Waals surface area contributed by atoms with E-state index in [2.05, 4.69) is 5.32 Å². The fraction of sp³-hybridized carbons (Fsp3) is 0.227. The van der Waals surface area contributed by atoms with Crippen LogP contribution in [-0.4, -0.2) is 30.0 Å². The Labute approximate surface area is 194 Å². The van der Waals surface area contributed by atoms with Gasteiger partial charge in [0, 0.05) is 13.1 Å². The number of anilines is 2.